The third-order valence-electron chi connectivity index (χ3n) is 3.34. The number of benzene rings is 1. The van der Waals surface area contributed by atoms with Gasteiger partial charge in [0.2, 0.25) is 0 Å². The van der Waals surface area contributed by atoms with E-state index >= 15 is 0 Å². The number of fused-ring (bicyclic) bond motifs is 1. The molecule has 0 saturated carbocycles. The van der Waals surface area contributed by atoms with E-state index in [1.54, 1.807) is 12.1 Å². The molecule has 1 aromatic carbocycles. The summed E-state index contributed by atoms with van der Waals surface area (Å²) in [5.74, 6) is -0.357. The minimum absolute atomic E-state index is 0.347. The third kappa shape index (κ3) is 2.99. The van der Waals surface area contributed by atoms with E-state index in [4.69, 9.17) is 9.47 Å². The van der Waals surface area contributed by atoms with Crippen molar-refractivity contribution in [3.05, 3.63) is 52.9 Å². The molecule has 0 aliphatic heterocycles. The molecule has 1 aliphatic carbocycles. The van der Waals surface area contributed by atoms with Gasteiger partial charge in [-0.2, -0.15) is 0 Å². The maximum atomic E-state index is 11.3. The lowest BCUT2D eigenvalue weighted by Crippen LogP contribution is -2.16. The molecular formula is C15H15N3O4. The van der Waals surface area contributed by atoms with E-state index in [1.807, 2.05) is 18.2 Å². The molecule has 0 bridgehead atoms. The van der Waals surface area contributed by atoms with Gasteiger partial charge in [-0.15, -0.1) is 0 Å². The van der Waals surface area contributed by atoms with Crippen molar-refractivity contribution in [1.29, 1.82) is 0 Å². The Hall–Kier alpha value is -2.67. The zero-order chi connectivity index (χ0) is 15.4. The molecular weight excluding hydrogens is 286 g/mol. The second-order valence-corrected chi connectivity index (χ2v) is 4.80. The highest BCUT2D eigenvalue weighted by Gasteiger charge is 2.18. The number of aryl methyl sites for hydroxylation is 1. The summed E-state index contributed by atoms with van der Waals surface area (Å²) in [5.41, 5.74) is 6.58. The van der Waals surface area contributed by atoms with Gasteiger partial charge in [0, 0.05) is 0 Å². The van der Waals surface area contributed by atoms with Gasteiger partial charge in [-0.1, -0.05) is 23.4 Å². The number of nitrogens with zero attached hydrogens (tertiary/aromatic N) is 2. The second-order valence-electron chi connectivity index (χ2n) is 4.80. The Morgan fingerprint density at radius 2 is 2.14 bits per heavy atom. The fourth-order valence-corrected chi connectivity index (χ4v) is 2.17. The summed E-state index contributed by atoms with van der Waals surface area (Å²) in [6.07, 6.45) is 3.67. The first-order chi connectivity index (χ1) is 10.8. The zero-order valence-electron chi connectivity index (χ0n) is 12.0. The predicted octanol–water partition coefficient (Wildman–Crippen LogP) is 1.86. The Labute approximate surface area is 126 Å². The molecule has 0 fully saturated rings. The highest BCUT2D eigenvalue weighted by atomic mass is 16.6. The van der Waals surface area contributed by atoms with Crippen molar-refractivity contribution in [2.45, 2.75) is 19.4 Å². The summed E-state index contributed by atoms with van der Waals surface area (Å²) >= 11 is 0. The van der Waals surface area contributed by atoms with Crippen LogP contribution in [0.1, 0.15) is 33.7 Å². The van der Waals surface area contributed by atoms with Crippen LogP contribution in [0.25, 0.3) is 5.70 Å². The van der Waals surface area contributed by atoms with Crippen LogP contribution in [0.4, 0.5) is 0 Å². The number of rotatable bonds is 5. The molecule has 1 aromatic heterocycles. The monoisotopic (exact) mass is 301 g/mol. The van der Waals surface area contributed by atoms with Crippen LogP contribution in [0, 0.1) is 0 Å². The highest BCUT2D eigenvalue weighted by molar-refractivity contribution is 5.89. The molecule has 0 saturated heterocycles. The van der Waals surface area contributed by atoms with E-state index in [9.17, 15) is 4.79 Å². The number of carbonyl (C=O) groups excluding carboxylic acids is 1. The number of ether oxygens (including phenoxy) is 1. The number of hydroxylamine groups is 1. The number of allylic oxidation sites excluding steroid dienone is 1. The number of carbonyl (C=O) groups is 1. The SMILES string of the molecule is COC(=O)c1ccc(CONC2=CCCc3nonc32)cc1. The average Bonchev–Trinajstić information content (AvgIpc) is 3.04. The van der Waals surface area contributed by atoms with Gasteiger partial charge in [0.05, 0.1) is 25.0 Å². The van der Waals surface area contributed by atoms with E-state index in [0.717, 1.165) is 29.8 Å². The standard InChI is InChI=1S/C15H15N3O4/c1-20-15(19)11-7-5-10(6-8-11)9-21-16-12-3-2-4-13-14(12)18-22-17-13/h3,5-8,16H,2,4,9H2,1H3. The van der Waals surface area contributed by atoms with Crippen LogP contribution in [0.3, 0.4) is 0 Å². The second kappa shape index (κ2) is 6.40. The first-order valence-corrected chi connectivity index (χ1v) is 6.85. The van der Waals surface area contributed by atoms with E-state index in [-0.39, 0.29) is 5.97 Å². The summed E-state index contributed by atoms with van der Waals surface area (Å²) in [7, 11) is 1.36. The van der Waals surface area contributed by atoms with E-state index < -0.39 is 0 Å². The zero-order valence-corrected chi connectivity index (χ0v) is 12.0. The quantitative estimate of drug-likeness (QED) is 0.666. The van der Waals surface area contributed by atoms with Crippen molar-refractivity contribution in [2.75, 3.05) is 7.11 Å². The topological polar surface area (TPSA) is 86.5 Å². The van der Waals surface area contributed by atoms with Crippen LogP contribution >= 0.6 is 0 Å². The van der Waals surface area contributed by atoms with Gasteiger partial charge in [-0.25, -0.2) is 9.42 Å². The number of hydrogen-bond donors (Lipinski definition) is 1. The maximum Gasteiger partial charge on any atom is 0.337 e. The highest BCUT2D eigenvalue weighted by Crippen LogP contribution is 2.21. The van der Waals surface area contributed by atoms with Crippen molar-refractivity contribution in [2.24, 2.45) is 0 Å². The van der Waals surface area contributed by atoms with Crippen molar-refractivity contribution < 1.29 is 19.0 Å². The summed E-state index contributed by atoms with van der Waals surface area (Å²) in [6, 6.07) is 7.02. The van der Waals surface area contributed by atoms with Crippen LogP contribution < -0.4 is 5.48 Å². The van der Waals surface area contributed by atoms with Gasteiger partial charge in [0.25, 0.3) is 0 Å². The minimum Gasteiger partial charge on any atom is -0.465 e. The fraction of sp³-hybridized carbons (Fsp3) is 0.267. The van der Waals surface area contributed by atoms with Gasteiger partial charge >= 0.3 is 5.97 Å². The molecule has 0 radical (unpaired) electrons. The molecule has 7 heteroatoms. The molecule has 22 heavy (non-hydrogen) atoms. The smallest absolute Gasteiger partial charge is 0.337 e. The average molecular weight is 301 g/mol. The number of aromatic nitrogens is 2. The Morgan fingerprint density at radius 1 is 1.32 bits per heavy atom. The fourth-order valence-electron chi connectivity index (χ4n) is 2.17. The molecule has 0 amide bonds. The lowest BCUT2D eigenvalue weighted by molar-refractivity contribution is 0.0598. The van der Waals surface area contributed by atoms with Crippen LogP contribution in [-0.4, -0.2) is 23.4 Å². The molecule has 1 N–H and O–H groups in total. The van der Waals surface area contributed by atoms with Crippen molar-refractivity contribution in [3.8, 4) is 0 Å². The Morgan fingerprint density at radius 3 is 2.91 bits per heavy atom. The number of esters is 1. The first-order valence-electron chi connectivity index (χ1n) is 6.85. The van der Waals surface area contributed by atoms with E-state index in [1.165, 1.54) is 7.11 Å². The van der Waals surface area contributed by atoms with Crippen molar-refractivity contribution in [3.63, 3.8) is 0 Å². The molecule has 3 rings (SSSR count). The number of nitrogens with one attached hydrogen (secondary N) is 1. The molecule has 114 valence electrons. The van der Waals surface area contributed by atoms with Gasteiger partial charge in [0.1, 0.15) is 5.69 Å². The van der Waals surface area contributed by atoms with E-state index in [0.29, 0.717) is 17.9 Å². The number of hydrogen-bond acceptors (Lipinski definition) is 7. The lowest BCUT2D eigenvalue weighted by atomic mass is 10.1. The van der Waals surface area contributed by atoms with Gasteiger partial charge in [0.15, 0.2) is 5.69 Å². The summed E-state index contributed by atoms with van der Waals surface area (Å²) < 4.78 is 9.38. The van der Waals surface area contributed by atoms with Gasteiger partial charge < -0.3 is 4.74 Å². The first kappa shape index (κ1) is 14.3. The predicted molar refractivity (Wildman–Crippen MR) is 76.3 cm³/mol. The van der Waals surface area contributed by atoms with E-state index in [2.05, 4.69) is 20.5 Å². The maximum absolute atomic E-state index is 11.3. The molecule has 1 heterocycles. The van der Waals surface area contributed by atoms with Crippen molar-refractivity contribution in [1.82, 2.24) is 15.8 Å². The lowest BCUT2D eigenvalue weighted by Gasteiger charge is -2.12. The van der Waals surface area contributed by atoms with Crippen LogP contribution in [0.2, 0.25) is 0 Å². The molecule has 0 spiro atoms. The normalized spacial score (nSPS) is 13.2. The number of methoxy groups -OCH3 is 1. The Kier molecular flexibility index (Phi) is 4.15. The molecule has 0 unspecified atom stereocenters. The molecule has 7 nitrogen and oxygen atoms in total. The van der Waals surface area contributed by atoms with Crippen LogP contribution in [0.15, 0.2) is 35.0 Å². The van der Waals surface area contributed by atoms with Gasteiger partial charge in [-0.05, 0) is 35.7 Å². The molecule has 2 aromatic rings. The third-order valence-corrected chi connectivity index (χ3v) is 3.34. The van der Waals surface area contributed by atoms with Crippen LogP contribution in [0.5, 0.6) is 0 Å². The van der Waals surface area contributed by atoms with Crippen molar-refractivity contribution >= 4 is 11.7 Å². The summed E-state index contributed by atoms with van der Waals surface area (Å²) in [6.45, 7) is 0.347. The minimum atomic E-state index is -0.357. The summed E-state index contributed by atoms with van der Waals surface area (Å²) in [4.78, 5) is 16.8. The Balaban J connectivity index is 1.55. The van der Waals surface area contributed by atoms with Gasteiger partial charge in [-0.3, -0.25) is 10.3 Å². The summed E-state index contributed by atoms with van der Waals surface area (Å²) in [5, 5.41) is 7.70. The molecule has 0 atom stereocenters. The van der Waals surface area contributed by atoms with Crippen LogP contribution in [-0.2, 0) is 22.6 Å². The molecule has 1 aliphatic rings. The Bertz CT molecular complexity index is 691. The largest absolute Gasteiger partial charge is 0.465 e.